The summed E-state index contributed by atoms with van der Waals surface area (Å²) in [5.41, 5.74) is 0.709. The molecule has 1 heterocycles. The van der Waals surface area contributed by atoms with Crippen molar-refractivity contribution < 1.29 is 31.1 Å². The number of methoxy groups -OCH3 is 2. The van der Waals surface area contributed by atoms with Gasteiger partial charge in [-0.1, -0.05) is 30.0 Å². The second-order valence-corrected chi connectivity index (χ2v) is 12.0. The number of sulfonamides is 1. The van der Waals surface area contributed by atoms with Crippen LogP contribution in [0.4, 0.5) is 0 Å². The van der Waals surface area contributed by atoms with Gasteiger partial charge in [-0.3, -0.25) is 4.79 Å². The molecule has 2 aromatic carbocycles. The number of hydrogen-bond donors (Lipinski definition) is 1. The van der Waals surface area contributed by atoms with Crippen molar-refractivity contribution >= 4 is 37.2 Å². The molecule has 1 aromatic heterocycles. The zero-order chi connectivity index (χ0) is 24.8. The summed E-state index contributed by atoms with van der Waals surface area (Å²) in [6.07, 6.45) is -0.136. The third-order valence-corrected chi connectivity index (χ3v) is 9.86. The van der Waals surface area contributed by atoms with Crippen molar-refractivity contribution in [3.63, 3.8) is 0 Å². The zero-order valence-electron chi connectivity index (χ0n) is 18.2. The Morgan fingerprint density at radius 2 is 1.59 bits per heavy atom. The van der Waals surface area contributed by atoms with Crippen molar-refractivity contribution in [3.05, 3.63) is 72.3 Å². The van der Waals surface area contributed by atoms with Crippen LogP contribution >= 0.6 is 11.3 Å². The van der Waals surface area contributed by atoms with Crippen LogP contribution in [0.5, 0.6) is 5.75 Å². The molecule has 8 nitrogen and oxygen atoms in total. The Hall–Kier alpha value is -3.17. The molecule has 0 aliphatic rings. The predicted octanol–water partition coefficient (Wildman–Crippen LogP) is 2.85. The Labute approximate surface area is 202 Å². The van der Waals surface area contributed by atoms with E-state index in [1.165, 1.54) is 43.5 Å². The summed E-state index contributed by atoms with van der Waals surface area (Å²) in [5, 5.41) is 0. The molecule has 3 aromatic rings. The fraction of sp³-hybridized carbons (Fsp3) is 0.174. The Morgan fingerprint density at radius 3 is 2.21 bits per heavy atom. The lowest BCUT2D eigenvalue weighted by atomic mass is 10.2. The van der Waals surface area contributed by atoms with Gasteiger partial charge in [-0.05, 0) is 48.5 Å². The third-order valence-electron chi connectivity index (χ3n) is 4.55. The van der Waals surface area contributed by atoms with Crippen molar-refractivity contribution in [2.75, 3.05) is 14.2 Å². The van der Waals surface area contributed by atoms with Gasteiger partial charge in [-0.15, -0.1) is 11.3 Å². The largest absolute Gasteiger partial charge is 0.497 e. The molecule has 34 heavy (non-hydrogen) atoms. The maximum absolute atomic E-state index is 12.9. The summed E-state index contributed by atoms with van der Waals surface area (Å²) in [6.45, 7) is 0. The van der Waals surface area contributed by atoms with Crippen LogP contribution in [0.15, 0.2) is 80.0 Å². The zero-order valence-corrected chi connectivity index (χ0v) is 20.7. The van der Waals surface area contributed by atoms with Crippen LogP contribution < -0.4 is 9.46 Å². The molecule has 11 heteroatoms. The number of thiophene rings is 1. The van der Waals surface area contributed by atoms with Crippen LogP contribution in [0.2, 0.25) is 0 Å². The molecule has 0 bridgehead atoms. The van der Waals surface area contributed by atoms with Crippen molar-refractivity contribution in [2.24, 2.45) is 0 Å². The normalized spacial score (nSPS) is 12.3. The minimum absolute atomic E-state index is 0.00400. The van der Waals surface area contributed by atoms with Crippen LogP contribution in [0.3, 0.4) is 0 Å². The maximum Gasteiger partial charge on any atom is 0.324 e. The van der Waals surface area contributed by atoms with E-state index in [1.807, 2.05) is 6.07 Å². The number of carbonyl (C=O) groups is 1. The minimum atomic E-state index is -4.23. The Kier molecular flexibility index (Phi) is 8.11. The molecule has 0 spiro atoms. The second kappa shape index (κ2) is 10.8. The highest BCUT2D eigenvalue weighted by molar-refractivity contribution is 7.95. The Balaban J connectivity index is 1.81. The van der Waals surface area contributed by atoms with Gasteiger partial charge in [0.05, 0.1) is 19.1 Å². The van der Waals surface area contributed by atoms with Gasteiger partial charge in [0.15, 0.2) is 0 Å². The number of hydrogen-bond acceptors (Lipinski definition) is 8. The quantitative estimate of drug-likeness (QED) is 0.359. The van der Waals surface area contributed by atoms with E-state index in [-0.39, 0.29) is 19.7 Å². The monoisotopic (exact) mass is 519 g/mol. The number of rotatable bonds is 8. The van der Waals surface area contributed by atoms with E-state index < -0.39 is 31.9 Å². The number of benzene rings is 2. The lowest BCUT2D eigenvalue weighted by Crippen LogP contribution is -2.40. The van der Waals surface area contributed by atoms with E-state index in [9.17, 15) is 21.6 Å². The van der Waals surface area contributed by atoms with E-state index in [0.29, 0.717) is 22.6 Å². The van der Waals surface area contributed by atoms with Gasteiger partial charge < -0.3 is 9.47 Å². The molecular formula is C23H21NO7S3. The van der Waals surface area contributed by atoms with Gasteiger partial charge in [0.2, 0.25) is 9.84 Å². The lowest BCUT2D eigenvalue weighted by Gasteiger charge is -2.13. The first-order valence-corrected chi connectivity index (χ1v) is 13.6. The average molecular weight is 520 g/mol. The summed E-state index contributed by atoms with van der Waals surface area (Å²) in [4.78, 5) is 12.1. The molecule has 0 aliphatic carbocycles. The molecule has 1 N–H and O–H groups in total. The number of esters is 1. The van der Waals surface area contributed by atoms with Crippen LogP contribution in [-0.4, -0.2) is 43.1 Å². The van der Waals surface area contributed by atoms with Crippen molar-refractivity contribution in [2.45, 2.75) is 25.8 Å². The van der Waals surface area contributed by atoms with Crippen LogP contribution in [0.25, 0.3) is 0 Å². The molecule has 0 amide bonds. The van der Waals surface area contributed by atoms with Gasteiger partial charge in [0.1, 0.15) is 20.2 Å². The van der Waals surface area contributed by atoms with E-state index in [4.69, 9.17) is 9.47 Å². The minimum Gasteiger partial charge on any atom is -0.497 e. The fourth-order valence-corrected chi connectivity index (χ4v) is 7.17. The van der Waals surface area contributed by atoms with Crippen LogP contribution in [0.1, 0.15) is 12.0 Å². The smallest absolute Gasteiger partial charge is 0.324 e. The van der Waals surface area contributed by atoms with Gasteiger partial charge in [-0.25, -0.2) is 16.8 Å². The van der Waals surface area contributed by atoms with Crippen LogP contribution in [-0.2, 0) is 29.4 Å². The first-order chi connectivity index (χ1) is 16.2. The van der Waals surface area contributed by atoms with Gasteiger partial charge >= 0.3 is 5.97 Å². The number of carbonyl (C=O) groups excluding carboxylic acids is 1. The first-order valence-electron chi connectivity index (χ1n) is 9.80. The van der Waals surface area contributed by atoms with E-state index in [0.717, 1.165) is 7.11 Å². The lowest BCUT2D eigenvalue weighted by molar-refractivity contribution is -0.142. The molecule has 1 atom stereocenters. The summed E-state index contributed by atoms with van der Waals surface area (Å²) in [6, 6.07) is 15.9. The molecule has 3 rings (SSSR count). The SMILES string of the molecule is COC(=O)C(CC#Cc1ccccc1)NS(=O)(=O)c1ccc(S(=O)(=O)c2ccc(OC)cc2)s1. The van der Waals surface area contributed by atoms with Crippen molar-refractivity contribution in [1.29, 1.82) is 0 Å². The molecule has 0 fully saturated rings. The molecule has 0 saturated heterocycles. The van der Waals surface area contributed by atoms with Crippen LogP contribution in [0, 0.1) is 11.8 Å². The molecule has 0 aliphatic heterocycles. The van der Waals surface area contributed by atoms with Gasteiger partial charge in [0, 0.05) is 12.0 Å². The Morgan fingerprint density at radius 1 is 0.941 bits per heavy atom. The van der Waals surface area contributed by atoms with E-state index >= 15 is 0 Å². The number of sulfone groups is 1. The van der Waals surface area contributed by atoms with Crippen molar-refractivity contribution in [1.82, 2.24) is 4.72 Å². The second-order valence-electron chi connectivity index (χ2n) is 6.82. The highest BCUT2D eigenvalue weighted by Crippen LogP contribution is 2.31. The van der Waals surface area contributed by atoms with E-state index in [1.54, 1.807) is 24.3 Å². The summed E-state index contributed by atoms with van der Waals surface area (Å²) in [5.74, 6) is 5.30. The standard InChI is InChI=1S/C23H21NO7S3/c1-30-18-11-13-19(14-12-18)33(26,27)21-15-16-22(32-21)34(28,29)24-20(23(25)31-2)10-6-9-17-7-4-3-5-8-17/h3-5,7-8,11-16,20,24H,10H2,1-2H3. The first kappa shape index (κ1) is 25.5. The van der Waals surface area contributed by atoms with Gasteiger partial charge in [-0.2, -0.15) is 4.72 Å². The van der Waals surface area contributed by atoms with E-state index in [2.05, 4.69) is 16.6 Å². The molecule has 178 valence electrons. The van der Waals surface area contributed by atoms with Gasteiger partial charge in [0.25, 0.3) is 10.0 Å². The fourth-order valence-electron chi connectivity index (χ4n) is 2.80. The topological polar surface area (TPSA) is 116 Å². The maximum atomic E-state index is 12.9. The third kappa shape index (κ3) is 6.03. The number of ether oxygens (including phenoxy) is 2. The highest BCUT2D eigenvalue weighted by atomic mass is 32.3. The van der Waals surface area contributed by atoms with Crippen molar-refractivity contribution in [3.8, 4) is 17.6 Å². The molecule has 1 unspecified atom stereocenters. The molecular weight excluding hydrogens is 498 g/mol. The average Bonchev–Trinajstić information content (AvgIpc) is 3.36. The molecule has 0 radical (unpaired) electrons. The molecule has 0 saturated carbocycles. The summed E-state index contributed by atoms with van der Waals surface area (Å²) < 4.78 is 63.1. The predicted molar refractivity (Wildman–Crippen MR) is 127 cm³/mol. The Bertz CT molecular complexity index is 1420. The number of nitrogens with one attached hydrogen (secondary N) is 1. The summed E-state index contributed by atoms with van der Waals surface area (Å²) >= 11 is 0.576. The highest BCUT2D eigenvalue weighted by Gasteiger charge is 2.29. The summed E-state index contributed by atoms with van der Waals surface area (Å²) in [7, 11) is -5.57.